The summed E-state index contributed by atoms with van der Waals surface area (Å²) < 4.78 is 25.2. The van der Waals surface area contributed by atoms with Gasteiger partial charge in [-0.1, -0.05) is 0 Å². The van der Waals surface area contributed by atoms with E-state index in [9.17, 15) is 8.42 Å². The Balaban J connectivity index is 2.09. The van der Waals surface area contributed by atoms with Crippen molar-refractivity contribution in [2.75, 3.05) is 25.1 Å². The van der Waals surface area contributed by atoms with Crippen LogP contribution in [0.15, 0.2) is 0 Å². The molecule has 2 heterocycles. The van der Waals surface area contributed by atoms with E-state index in [-0.39, 0.29) is 17.5 Å². The Labute approximate surface area is 132 Å². The third-order valence-corrected chi connectivity index (χ3v) is 6.04. The molecule has 1 atom stereocenters. The molecule has 0 unspecified atom stereocenters. The molecule has 122 valence electrons. The van der Waals surface area contributed by atoms with Gasteiger partial charge in [0.05, 0.1) is 29.3 Å². The number of unbranched alkanes of at least 4 members (excludes halogenated alkanes) is 1. The monoisotopic (exact) mass is 324 g/mol. The van der Waals surface area contributed by atoms with Crippen molar-refractivity contribution in [3.63, 3.8) is 0 Å². The van der Waals surface area contributed by atoms with E-state index in [1.54, 1.807) is 0 Å². The summed E-state index contributed by atoms with van der Waals surface area (Å²) in [5.41, 5.74) is 3.20. The van der Waals surface area contributed by atoms with Crippen molar-refractivity contribution in [1.29, 1.82) is 5.26 Å². The average Bonchev–Trinajstić information content (AvgIpc) is 2.93. The first-order valence-electron chi connectivity index (χ1n) is 7.64. The van der Waals surface area contributed by atoms with Gasteiger partial charge in [0.1, 0.15) is 0 Å². The molecule has 1 aliphatic rings. The molecular weight excluding hydrogens is 300 g/mol. The second-order valence-corrected chi connectivity index (χ2v) is 8.38. The molecular formula is C15H24N4O2S. The van der Waals surface area contributed by atoms with Crippen LogP contribution in [0.5, 0.6) is 0 Å². The van der Waals surface area contributed by atoms with Crippen LogP contribution in [0.3, 0.4) is 0 Å². The molecule has 7 heteroatoms. The minimum Gasteiger partial charge on any atom is -0.302 e. The summed E-state index contributed by atoms with van der Waals surface area (Å²) in [4.78, 5) is 2.18. The Hall–Kier alpha value is -1.39. The summed E-state index contributed by atoms with van der Waals surface area (Å²) in [5, 5.41) is 13.2. The quantitative estimate of drug-likeness (QED) is 0.743. The van der Waals surface area contributed by atoms with E-state index < -0.39 is 9.84 Å². The highest BCUT2D eigenvalue weighted by Gasteiger charge is 2.31. The van der Waals surface area contributed by atoms with Crippen LogP contribution in [-0.2, 0) is 16.4 Å². The van der Waals surface area contributed by atoms with E-state index >= 15 is 0 Å². The molecule has 1 fully saturated rings. The minimum atomic E-state index is -2.90. The lowest BCUT2D eigenvalue weighted by molar-refractivity contribution is 0.322. The summed E-state index contributed by atoms with van der Waals surface area (Å²) >= 11 is 0. The van der Waals surface area contributed by atoms with Crippen LogP contribution in [0.2, 0.25) is 0 Å². The zero-order valence-electron chi connectivity index (χ0n) is 13.5. The number of nitrogens with zero attached hydrogens (tertiary/aromatic N) is 4. The Bertz CT molecular complexity index is 672. The van der Waals surface area contributed by atoms with Gasteiger partial charge in [0.25, 0.3) is 0 Å². The topological polar surface area (TPSA) is 79.0 Å². The van der Waals surface area contributed by atoms with Gasteiger partial charge in [0.15, 0.2) is 9.84 Å². The first kappa shape index (κ1) is 17.0. The van der Waals surface area contributed by atoms with Crippen molar-refractivity contribution in [1.82, 2.24) is 14.7 Å². The highest BCUT2D eigenvalue weighted by molar-refractivity contribution is 7.91. The fourth-order valence-electron chi connectivity index (χ4n) is 3.03. The van der Waals surface area contributed by atoms with Gasteiger partial charge in [-0.25, -0.2) is 8.42 Å². The second-order valence-electron chi connectivity index (χ2n) is 6.15. The minimum absolute atomic E-state index is 0.0265. The molecule has 22 heavy (non-hydrogen) atoms. The third kappa shape index (κ3) is 3.87. The molecule has 0 saturated carbocycles. The van der Waals surface area contributed by atoms with E-state index in [1.807, 2.05) is 25.6 Å². The Morgan fingerprint density at radius 2 is 2.18 bits per heavy atom. The van der Waals surface area contributed by atoms with Gasteiger partial charge in [-0.05, 0) is 40.3 Å². The van der Waals surface area contributed by atoms with Crippen molar-refractivity contribution in [3.8, 4) is 6.07 Å². The van der Waals surface area contributed by atoms with E-state index in [4.69, 9.17) is 5.26 Å². The van der Waals surface area contributed by atoms with Crippen molar-refractivity contribution >= 4 is 9.84 Å². The summed E-state index contributed by atoms with van der Waals surface area (Å²) in [6.45, 7) is 5.65. The van der Waals surface area contributed by atoms with Crippen LogP contribution >= 0.6 is 0 Å². The maximum atomic E-state index is 11.7. The third-order valence-electron chi connectivity index (χ3n) is 4.29. The van der Waals surface area contributed by atoms with E-state index in [0.717, 1.165) is 30.9 Å². The first-order valence-corrected chi connectivity index (χ1v) is 9.46. The van der Waals surface area contributed by atoms with Gasteiger partial charge in [-0.2, -0.15) is 10.4 Å². The SMILES string of the molecule is Cc1nn([C@@H]2CCS(=O)(=O)C2)c(C)c1CN(C)CCCC#N. The van der Waals surface area contributed by atoms with Crippen molar-refractivity contribution in [2.24, 2.45) is 0 Å². The Morgan fingerprint density at radius 3 is 2.77 bits per heavy atom. The van der Waals surface area contributed by atoms with E-state index in [2.05, 4.69) is 16.1 Å². The largest absolute Gasteiger partial charge is 0.302 e. The second kappa shape index (κ2) is 6.80. The van der Waals surface area contributed by atoms with E-state index in [1.165, 1.54) is 5.56 Å². The van der Waals surface area contributed by atoms with Gasteiger partial charge in [-0.3, -0.25) is 4.68 Å². The smallest absolute Gasteiger partial charge is 0.152 e. The van der Waals surface area contributed by atoms with E-state index in [0.29, 0.717) is 12.8 Å². The van der Waals surface area contributed by atoms with Crippen LogP contribution < -0.4 is 0 Å². The fraction of sp³-hybridized carbons (Fsp3) is 0.733. The van der Waals surface area contributed by atoms with Crippen molar-refractivity contribution in [2.45, 2.75) is 45.7 Å². The summed E-state index contributed by atoms with van der Waals surface area (Å²) in [6.07, 6.45) is 2.09. The summed E-state index contributed by atoms with van der Waals surface area (Å²) in [5.74, 6) is 0.464. The number of sulfone groups is 1. The number of hydrogen-bond acceptors (Lipinski definition) is 5. The van der Waals surface area contributed by atoms with Crippen molar-refractivity contribution < 1.29 is 8.42 Å². The number of hydrogen-bond donors (Lipinski definition) is 0. The van der Waals surface area contributed by atoms with Crippen LogP contribution in [0, 0.1) is 25.2 Å². The lowest BCUT2D eigenvalue weighted by atomic mass is 10.1. The van der Waals surface area contributed by atoms with Crippen LogP contribution in [0.1, 0.15) is 42.3 Å². The Morgan fingerprint density at radius 1 is 1.45 bits per heavy atom. The molecule has 0 N–H and O–H groups in total. The molecule has 6 nitrogen and oxygen atoms in total. The molecule has 0 radical (unpaired) electrons. The molecule has 0 bridgehead atoms. The number of nitriles is 1. The summed E-state index contributed by atoms with van der Waals surface area (Å²) in [7, 11) is -0.868. The van der Waals surface area contributed by atoms with Crippen LogP contribution in [0.25, 0.3) is 0 Å². The summed E-state index contributed by atoms with van der Waals surface area (Å²) in [6, 6.07) is 2.13. The number of rotatable bonds is 6. The normalized spacial score (nSPS) is 20.4. The zero-order chi connectivity index (χ0) is 16.3. The molecule has 1 aromatic heterocycles. The molecule has 0 spiro atoms. The van der Waals surface area contributed by atoms with Gasteiger partial charge >= 0.3 is 0 Å². The van der Waals surface area contributed by atoms with Crippen molar-refractivity contribution in [3.05, 3.63) is 17.0 Å². The van der Waals surface area contributed by atoms with Gasteiger partial charge < -0.3 is 4.90 Å². The average molecular weight is 324 g/mol. The predicted octanol–water partition coefficient (Wildman–Crippen LogP) is 1.60. The van der Waals surface area contributed by atoms with Gasteiger partial charge in [0.2, 0.25) is 0 Å². The highest BCUT2D eigenvalue weighted by atomic mass is 32.2. The maximum Gasteiger partial charge on any atom is 0.152 e. The molecule has 0 aromatic carbocycles. The molecule has 0 aliphatic carbocycles. The number of aryl methyl sites for hydroxylation is 1. The molecule has 1 aliphatic heterocycles. The molecule has 1 saturated heterocycles. The standard InChI is InChI=1S/C15H24N4O2S/c1-12-15(10-18(3)8-5-4-7-16)13(2)19(17-12)14-6-9-22(20,21)11-14/h14H,4-6,8-11H2,1-3H3/t14-/m1/s1. The zero-order valence-corrected chi connectivity index (χ0v) is 14.4. The molecule has 0 amide bonds. The first-order chi connectivity index (χ1) is 10.3. The van der Waals surface area contributed by atoms with Gasteiger partial charge in [0, 0.05) is 24.2 Å². The van der Waals surface area contributed by atoms with Crippen LogP contribution in [-0.4, -0.2) is 48.2 Å². The fourth-order valence-corrected chi connectivity index (χ4v) is 4.72. The lowest BCUT2D eigenvalue weighted by Gasteiger charge is -2.17. The predicted molar refractivity (Wildman–Crippen MR) is 85.2 cm³/mol. The van der Waals surface area contributed by atoms with Crippen LogP contribution in [0.4, 0.5) is 0 Å². The lowest BCUT2D eigenvalue weighted by Crippen LogP contribution is -2.20. The molecule has 1 aromatic rings. The highest BCUT2D eigenvalue weighted by Crippen LogP contribution is 2.27. The molecule has 2 rings (SSSR count). The van der Waals surface area contributed by atoms with Gasteiger partial charge in [-0.15, -0.1) is 0 Å². The Kier molecular flexibility index (Phi) is 5.24. The number of aromatic nitrogens is 2. The maximum absolute atomic E-state index is 11.7.